The molecule has 0 aromatic heterocycles. The summed E-state index contributed by atoms with van der Waals surface area (Å²) < 4.78 is 27.6. The zero-order valence-corrected chi connectivity index (χ0v) is 13.3. The number of hydrogen-bond acceptors (Lipinski definition) is 4. The molecule has 0 aliphatic carbocycles. The Hall–Kier alpha value is -1.42. The number of hydrogen-bond donors (Lipinski definition) is 2. The number of sulfonamides is 1. The minimum Gasteiger partial charge on any atom is -0.316 e. The van der Waals surface area contributed by atoms with Crippen molar-refractivity contribution in [2.75, 3.05) is 19.6 Å². The highest BCUT2D eigenvalue weighted by Gasteiger charge is 2.29. The van der Waals surface area contributed by atoms with E-state index in [0.717, 1.165) is 25.9 Å². The van der Waals surface area contributed by atoms with Gasteiger partial charge in [-0.05, 0) is 55.5 Å². The number of nitrogens with one attached hydrogen (secondary N) is 2. The van der Waals surface area contributed by atoms with Crippen LogP contribution in [-0.2, 0) is 10.0 Å². The van der Waals surface area contributed by atoms with Crippen LogP contribution in [0, 0.1) is 23.7 Å². The largest absolute Gasteiger partial charge is 0.316 e. The number of benzene rings is 1. The number of nitrogens with zero attached hydrogens (tertiary/aromatic N) is 1. The summed E-state index contributed by atoms with van der Waals surface area (Å²) in [5.41, 5.74) is 1.01. The van der Waals surface area contributed by atoms with Crippen molar-refractivity contribution in [2.45, 2.75) is 31.6 Å². The van der Waals surface area contributed by atoms with Crippen LogP contribution < -0.4 is 10.0 Å². The summed E-state index contributed by atoms with van der Waals surface area (Å²) >= 11 is 0. The van der Waals surface area contributed by atoms with Gasteiger partial charge in [0.25, 0.3) is 0 Å². The summed E-state index contributed by atoms with van der Waals surface area (Å²) in [6.45, 7) is 6.04. The van der Waals surface area contributed by atoms with E-state index in [-0.39, 0.29) is 10.3 Å². The predicted molar refractivity (Wildman–Crippen MR) is 81.3 cm³/mol. The molecule has 2 rings (SSSR count). The third-order valence-corrected chi connectivity index (χ3v) is 5.53. The molecule has 1 fully saturated rings. The summed E-state index contributed by atoms with van der Waals surface area (Å²) in [7, 11) is -3.54. The summed E-state index contributed by atoms with van der Waals surface area (Å²) in [5.74, 6) is 0. The van der Waals surface area contributed by atoms with Crippen molar-refractivity contribution in [1.82, 2.24) is 10.0 Å². The molecular weight excluding hydrogens is 286 g/mol. The molecule has 0 bridgehead atoms. The maximum atomic E-state index is 12.4. The number of nitriles is 1. The lowest BCUT2D eigenvalue weighted by atomic mass is 9.83. The Morgan fingerprint density at radius 1 is 1.48 bits per heavy atom. The van der Waals surface area contributed by atoms with E-state index in [4.69, 9.17) is 5.26 Å². The Morgan fingerprint density at radius 3 is 2.81 bits per heavy atom. The van der Waals surface area contributed by atoms with Crippen molar-refractivity contribution in [2.24, 2.45) is 5.41 Å². The average Bonchev–Trinajstić information content (AvgIpc) is 2.46. The Bertz CT molecular complexity index is 656. The highest BCUT2D eigenvalue weighted by Crippen LogP contribution is 2.25. The van der Waals surface area contributed by atoms with Gasteiger partial charge in [0.1, 0.15) is 0 Å². The standard InChI is InChI=1S/C15H21N3O2S/c1-12-8-13(9-16)4-5-14(12)21(19,20)18-11-15(2)6-3-7-17-10-15/h4-5,8,17-18H,3,6-7,10-11H2,1-2H3. The minimum atomic E-state index is -3.54. The fourth-order valence-corrected chi connectivity index (χ4v) is 4.06. The van der Waals surface area contributed by atoms with Crippen molar-refractivity contribution in [1.29, 1.82) is 5.26 Å². The third-order valence-electron chi connectivity index (χ3n) is 3.97. The van der Waals surface area contributed by atoms with Gasteiger partial charge in [-0.1, -0.05) is 6.92 Å². The van der Waals surface area contributed by atoms with Crippen LogP contribution in [0.25, 0.3) is 0 Å². The van der Waals surface area contributed by atoms with Crippen molar-refractivity contribution in [3.05, 3.63) is 29.3 Å². The van der Waals surface area contributed by atoms with E-state index in [0.29, 0.717) is 17.7 Å². The fourth-order valence-electron chi connectivity index (χ4n) is 2.64. The Kier molecular flexibility index (Phi) is 4.67. The smallest absolute Gasteiger partial charge is 0.240 e. The third kappa shape index (κ3) is 3.82. The van der Waals surface area contributed by atoms with Gasteiger partial charge in [0, 0.05) is 13.1 Å². The van der Waals surface area contributed by atoms with Crippen molar-refractivity contribution in [3.63, 3.8) is 0 Å². The molecule has 21 heavy (non-hydrogen) atoms. The van der Waals surface area contributed by atoms with Gasteiger partial charge >= 0.3 is 0 Å². The maximum absolute atomic E-state index is 12.4. The molecule has 1 aromatic carbocycles. The molecule has 5 nitrogen and oxygen atoms in total. The SMILES string of the molecule is Cc1cc(C#N)ccc1S(=O)(=O)NCC1(C)CCCNC1. The molecule has 1 aliphatic rings. The predicted octanol–water partition coefficient (Wildman–Crippen LogP) is 1.53. The fraction of sp³-hybridized carbons (Fsp3) is 0.533. The second kappa shape index (κ2) is 6.14. The van der Waals surface area contributed by atoms with Gasteiger partial charge in [-0.3, -0.25) is 0 Å². The molecule has 0 radical (unpaired) electrons. The second-order valence-electron chi connectivity index (χ2n) is 6.01. The van der Waals surface area contributed by atoms with E-state index < -0.39 is 10.0 Å². The molecule has 1 unspecified atom stereocenters. The molecule has 2 N–H and O–H groups in total. The Balaban J connectivity index is 2.13. The molecule has 0 saturated carbocycles. The first-order valence-electron chi connectivity index (χ1n) is 7.07. The van der Waals surface area contributed by atoms with Gasteiger partial charge in [-0.2, -0.15) is 5.26 Å². The van der Waals surface area contributed by atoms with Crippen LogP contribution in [0.3, 0.4) is 0 Å². The van der Waals surface area contributed by atoms with Crippen molar-refractivity contribution >= 4 is 10.0 Å². The second-order valence-corrected chi connectivity index (χ2v) is 7.74. The van der Waals surface area contributed by atoms with E-state index in [1.807, 2.05) is 6.07 Å². The molecule has 0 amide bonds. The van der Waals surface area contributed by atoms with Crippen LogP contribution in [-0.4, -0.2) is 28.1 Å². The van der Waals surface area contributed by atoms with Crippen molar-refractivity contribution < 1.29 is 8.42 Å². The van der Waals surface area contributed by atoms with Crippen LogP contribution in [0.2, 0.25) is 0 Å². The summed E-state index contributed by atoms with van der Waals surface area (Å²) in [5, 5.41) is 12.1. The molecule has 1 aromatic rings. The minimum absolute atomic E-state index is 0.0498. The van der Waals surface area contributed by atoms with E-state index in [9.17, 15) is 8.42 Å². The molecule has 1 heterocycles. The lowest BCUT2D eigenvalue weighted by Crippen LogP contribution is -2.45. The summed E-state index contributed by atoms with van der Waals surface area (Å²) in [6, 6.07) is 6.64. The molecule has 1 atom stereocenters. The zero-order valence-electron chi connectivity index (χ0n) is 12.4. The first-order valence-corrected chi connectivity index (χ1v) is 8.56. The van der Waals surface area contributed by atoms with Crippen molar-refractivity contribution in [3.8, 4) is 6.07 Å². The molecule has 114 valence electrons. The van der Waals surface area contributed by atoms with Gasteiger partial charge in [0.2, 0.25) is 10.0 Å². The Morgan fingerprint density at radius 2 is 2.24 bits per heavy atom. The highest BCUT2D eigenvalue weighted by atomic mass is 32.2. The highest BCUT2D eigenvalue weighted by molar-refractivity contribution is 7.89. The lowest BCUT2D eigenvalue weighted by Gasteiger charge is -2.34. The number of aryl methyl sites for hydroxylation is 1. The Labute approximate surface area is 126 Å². The van der Waals surface area contributed by atoms with Crippen LogP contribution >= 0.6 is 0 Å². The maximum Gasteiger partial charge on any atom is 0.240 e. The number of rotatable bonds is 4. The molecule has 1 saturated heterocycles. The van der Waals surface area contributed by atoms with E-state index in [1.165, 1.54) is 12.1 Å². The van der Waals surface area contributed by atoms with E-state index in [2.05, 4.69) is 17.0 Å². The van der Waals surface area contributed by atoms with Crippen LogP contribution in [0.1, 0.15) is 30.9 Å². The van der Waals surface area contributed by atoms with Crippen LogP contribution in [0.15, 0.2) is 23.1 Å². The first-order chi connectivity index (χ1) is 9.86. The van der Waals surface area contributed by atoms with E-state index >= 15 is 0 Å². The van der Waals surface area contributed by atoms with Gasteiger partial charge in [0.15, 0.2) is 0 Å². The van der Waals surface area contributed by atoms with Gasteiger partial charge in [-0.25, -0.2) is 13.1 Å². The lowest BCUT2D eigenvalue weighted by molar-refractivity contribution is 0.238. The van der Waals surface area contributed by atoms with E-state index in [1.54, 1.807) is 13.0 Å². The average molecular weight is 307 g/mol. The summed E-state index contributed by atoms with van der Waals surface area (Å²) in [4.78, 5) is 0.244. The quantitative estimate of drug-likeness (QED) is 0.884. The molecule has 0 spiro atoms. The van der Waals surface area contributed by atoms with Gasteiger partial charge in [0.05, 0.1) is 16.5 Å². The molecule has 1 aliphatic heterocycles. The van der Waals surface area contributed by atoms with Gasteiger partial charge < -0.3 is 5.32 Å². The number of piperidine rings is 1. The molecular formula is C15H21N3O2S. The topological polar surface area (TPSA) is 82.0 Å². The zero-order chi connectivity index (χ0) is 15.5. The van der Waals surface area contributed by atoms with Crippen LogP contribution in [0.5, 0.6) is 0 Å². The first kappa shape index (κ1) is 16.0. The summed E-state index contributed by atoms with van der Waals surface area (Å²) in [6.07, 6.45) is 2.07. The monoisotopic (exact) mass is 307 g/mol. The van der Waals surface area contributed by atoms with Gasteiger partial charge in [-0.15, -0.1) is 0 Å². The molecule has 6 heteroatoms. The normalized spacial score (nSPS) is 22.7. The van der Waals surface area contributed by atoms with Crippen LogP contribution in [0.4, 0.5) is 0 Å².